The van der Waals surface area contributed by atoms with Crippen LogP contribution in [-0.4, -0.2) is 28.6 Å². The number of nitrogens with one attached hydrogen (secondary N) is 1. The van der Waals surface area contributed by atoms with Crippen molar-refractivity contribution >= 4 is 5.91 Å². The van der Waals surface area contributed by atoms with Crippen molar-refractivity contribution in [2.45, 2.75) is 84.5 Å². The van der Waals surface area contributed by atoms with Crippen molar-refractivity contribution in [1.29, 1.82) is 0 Å². The van der Waals surface area contributed by atoms with Crippen LogP contribution in [0, 0.1) is 11.8 Å². The van der Waals surface area contributed by atoms with E-state index in [0.29, 0.717) is 23.8 Å². The Morgan fingerprint density at radius 2 is 2.00 bits per heavy atom. The van der Waals surface area contributed by atoms with Gasteiger partial charge in [-0.15, -0.1) is 0 Å². The maximum atomic E-state index is 12.8. The fraction of sp³-hybridized carbons (Fsp3) is 0.938. The largest absolute Gasteiger partial charge is 0.323 e. The third-order valence-corrected chi connectivity index (χ3v) is 5.35. The lowest BCUT2D eigenvalue weighted by atomic mass is 9.76. The van der Waals surface area contributed by atoms with E-state index in [4.69, 9.17) is 0 Å². The van der Waals surface area contributed by atoms with Crippen LogP contribution in [0.3, 0.4) is 0 Å². The molecule has 0 spiro atoms. The van der Waals surface area contributed by atoms with Gasteiger partial charge in [-0.2, -0.15) is 0 Å². The maximum absolute atomic E-state index is 12.8. The molecule has 110 valence electrons. The highest BCUT2D eigenvalue weighted by atomic mass is 16.2. The molecule has 1 heterocycles. The van der Waals surface area contributed by atoms with E-state index >= 15 is 0 Å². The summed E-state index contributed by atoms with van der Waals surface area (Å²) in [5, 5.41) is 3.51. The minimum absolute atomic E-state index is 0.182. The van der Waals surface area contributed by atoms with Gasteiger partial charge in [0.1, 0.15) is 0 Å². The second-order valence-corrected chi connectivity index (χ2v) is 6.98. The number of hydrogen-bond donors (Lipinski definition) is 1. The van der Waals surface area contributed by atoms with Crippen LogP contribution >= 0.6 is 0 Å². The standard InChI is InChI=1S/C16H30N2O/c1-6-16(5)15(19)18(12(4)17-16)14-10-8-7-9-13(14)11(2)3/h11-14,17H,6-10H2,1-5H3. The number of carbonyl (C=O) groups is 1. The first-order valence-electron chi connectivity index (χ1n) is 8.01. The van der Waals surface area contributed by atoms with Crippen molar-refractivity contribution in [2.24, 2.45) is 11.8 Å². The van der Waals surface area contributed by atoms with E-state index in [0.717, 1.165) is 6.42 Å². The highest BCUT2D eigenvalue weighted by Gasteiger charge is 2.49. The van der Waals surface area contributed by atoms with Gasteiger partial charge in [0.05, 0.1) is 11.7 Å². The molecule has 0 aromatic rings. The highest BCUT2D eigenvalue weighted by Crippen LogP contribution is 2.37. The van der Waals surface area contributed by atoms with Crippen LogP contribution in [0.2, 0.25) is 0 Å². The van der Waals surface area contributed by atoms with Crippen molar-refractivity contribution in [3.05, 3.63) is 0 Å². The molecule has 0 aromatic carbocycles. The summed E-state index contributed by atoms with van der Waals surface area (Å²) in [6.07, 6.45) is 6.11. The molecule has 4 atom stereocenters. The van der Waals surface area contributed by atoms with Gasteiger partial charge in [0.15, 0.2) is 0 Å². The fourth-order valence-electron chi connectivity index (χ4n) is 4.01. The van der Waals surface area contributed by atoms with E-state index in [-0.39, 0.29) is 11.7 Å². The molecule has 19 heavy (non-hydrogen) atoms. The second-order valence-electron chi connectivity index (χ2n) is 6.98. The summed E-state index contributed by atoms with van der Waals surface area (Å²) >= 11 is 0. The molecule has 3 heteroatoms. The number of nitrogens with zero attached hydrogens (tertiary/aromatic N) is 1. The zero-order chi connectivity index (χ0) is 14.2. The summed E-state index contributed by atoms with van der Waals surface area (Å²) in [5.74, 6) is 1.65. The topological polar surface area (TPSA) is 32.3 Å². The van der Waals surface area contributed by atoms with E-state index in [9.17, 15) is 4.79 Å². The van der Waals surface area contributed by atoms with E-state index < -0.39 is 0 Å². The molecule has 1 aliphatic heterocycles. The average Bonchev–Trinajstić information content (AvgIpc) is 2.60. The first kappa shape index (κ1) is 14.8. The normalized spacial score (nSPS) is 40.2. The fourth-order valence-corrected chi connectivity index (χ4v) is 4.01. The lowest BCUT2D eigenvalue weighted by Gasteiger charge is -2.42. The van der Waals surface area contributed by atoms with Gasteiger partial charge in [-0.3, -0.25) is 10.1 Å². The number of amides is 1. The molecular formula is C16H30N2O. The molecule has 1 N–H and O–H groups in total. The third-order valence-electron chi connectivity index (χ3n) is 5.35. The van der Waals surface area contributed by atoms with Gasteiger partial charge in [0.25, 0.3) is 0 Å². The van der Waals surface area contributed by atoms with E-state index in [1.807, 2.05) is 0 Å². The molecule has 1 saturated carbocycles. The Hall–Kier alpha value is -0.570. The van der Waals surface area contributed by atoms with Gasteiger partial charge in [0, 0.05) is 6.04 Å². The van der Waals surface area contributed by atoms with Gasteiger partial charge < -0.3 is 4.90 Å². The van der Waals surface area contributed by atoms with Crippen LogP contribution in [0.1, 0.15) is 66.7 Å². The first-order valence-corrected chi connectivity index (χ1v) is 8.01. The van der Waals surface area contributed by atoms with Gasteiger partial charge >= 0.3 is 0 Å². The van der Waals surface area contributed by atoms with Crippen molar-refractivity contribution in [2.75, 3.05) is 0 Å². The Balaban J connectivity index is 2.22. The van der Waals surface area contributed by atoms with Gasteiger partial charge in [-0.05, 0) is 44.9 Å². The summed E-state index contributed by atoms with van der Waals surface area (Å²) in [6.45, 7) is 10.9. The molecule has 0 bridgehead atoms. The Bertz CT molecular complexity index is 342. The number of rotatable bonds is 3. The SMILES string of the molecule is CCC1(C)NC(C)N(C2CCCCC2C(C)C)C1=O. The molecule has 2 fully saturated rings. The third kappa shape index (κ3) is 2.54. The summed E-state index contributed by atoms with van der Waals surface area (Å²) in [5.41, 5.74) is -0.349. The molecule has 1 saturated heterocycles. The van der Waals surface area contributed by atoms with Crippen LogP contribution in [0.15, 0.2) is 0 Å². The predicted octanol–water partition coefficient (Wildman–Crippen LogP) is 3.15. The monoisotopic (exact) mass is 266 g/mol. The molecule has 3 nitrogen and oxygen atoms in total. The second kappa shape index (κ2) is 5.43. The van der Waals surface area contributed by atoms with Crippen molar-refractivity contribution < 1.29 is 4.79 Å². The number of hydrogen-bond acceptors (Lipinski definition) is 2. The Labute approximate surface area is 118 Å². The zero-order valence-corrected chi connectivity index (χ0v) is 13.2. The lowest BCUT2D eigenvalue weighted by Crippen LogP contribution is -2.50. The van der Waals surface area contributed by atoms with Crippen LogP contribution in [0.25, 0.3) is 0 Å². The predicted molar refractivity (Wildman–Crippen MR) is 78.7 cm³/mol. The van der Waals surface area contributed by atoms with Crippen molar-refractivity contribution in [3.63, 3.8) is 0 Å². The van der Waals surface area contributed by atoms with Crippen LogP contribution in [0.4, 0.5) is 0 Å². The molecule has 0 radical (unpaired) electrons. The van der Waals surface area contributed by atoms with Gasteiger partial charge in [-0.1, -0.05) is 33.6 Å². The van der Waals surface area contributed by atoms with Crippen LogP contribution < -0.4 is 5.32 Å². The van der Waals surface area contributed by atoms with Crippen molar-refractivity contribution in [3.8, 4) is 0 Å². The number of carbonyl (C=O) groups excluding carboxylic acids is 1. The van der Waals surface area contributed by atoms with Crippen LogP contribution in [-0.2, 0) is 4.79 Å². The highest BCUT2D eigenvalue weighted by molar-refractivity contribution is 5.88. The summed E-state index contributed by atoms with van der Waals surface area (Å²) < 4.78 is 0. The molecule has 4 unspecified atom stereocenters. The summed E-state index contributed by atoms with van der Waals surface area (Å²) in [7, 11) is 0. The quantitative estimate of drug-likeness (QED) is 0.851. The molecular weight excluding hydrogens is 236 g/mol. The molecule has 2 aliphatic rings. The van der Waals surface area contributed by atoms with Gasteiger partial charge in [0.2, 0.25) is 5.91 Å². The molecule has 0 aromatic heterocycles. The Kier molecular flexibility index (Phi) is 4.24. The zero-order valence-electron chi connectivity index (χ0n) is 13.2. The first-order chi connectivity index (χ1) is 8.90. The molecule has 1 amide bonds. The van der Waals surface area contributed by atoms with E-state index in [1.165, 1.54) is 25.7 Å². The smallest absolute Gasteiger partial charge is 0.244 e. The minimum atomic E-state index is -0.349. The minimum Gasteiger partial charge on any atom is -0.323 e. The molecule has 1 aliphatic carbocycles. The van der Waals surface area contributed by atoms with E-state index in [1.54, 1.807) is 0 Å². The Morgan fingerprint density at radius 3 is 2.53 bits per heavy atom. The van der Waals surface area contributed by atoms with Crippen LogP contribution in [0.5, 0.6) is 0 Å². The van der Waals surface area contributed by atoms with Gasteiger partial charge in [-0.25, -0.2) is 0 Å². The van der Waals surface area contributed by atoms with E-state index in [2.05, 4.69) is 44.8 Å². The summed E-state index contributed by atoms with van der Waals surface area (Å²) in [4.78, 5) is 15.0. The lowest BCUT2D eigenvalue weighted by molar-refractivity contribution is -0.137. The molecule has 2 rings (SSSR count). The summed E-state index contributed by atoms with van der Waals surface area (Å²) in [6, 6.07) is 0.442. The average molecular weight is 266 g/mol. The Morgan fingerprint density at radius 1 is 1.37 bits per heavy atom. The maximum Gasteiger partial charge on any atom is 0.244 e. The van der Waals surface area contributed by atoms with Crippen molar-refractivity contribution in [1.82, 2.24) is 10.2 Å².